The van der Waals surface area contributed by atoms with Crippen LogP contribution in [0.5, 0.6) is 0 Å². The lowest BCUT2D eigenvalue weighted by Gasteiger charge is -2.33. The first kappa shape index (κ1) is 16.0. The normalized spacial score (nSPS) is 28.0. The van der Waals surface area contributed by atoms with Crippen molar-refractivity contribution in [2.45, 2.75) is 45.1 Å². The summed E-state index contributed by atoms with van der Waals surface area (Å²) >= 11 is 0. The summed E-state index contributed by atoms with van der Waals surface area (Å²) in [5.74, 6) is -2.00. The molecule has 0 saturated carbocycles. The van der Waals surface area contributed by atoms with E-state index in [-0.39, 0.29) is 5.91 Å². The maximum atomic E-state index is 12.3. The number of nitrogens with zero attached hydrogens (tertiary/aromatic N) is 1. The molecule has 0 aromatic rings. The molecule has 0 bridgehead atoms. The predicted molar refractivity (Wildman–Crippen MR) is 80.9 cm³/mol. The van der Waals surface area contributed by atoms with Crippen molar-refractivity contribution in [2.75, 3.05) is 19.6 Å². The second kappa shape index (κ2) is 7.59. The van der Waals surface area contributed by atoms with Gasteiger partial charge >= 0.3 is 5.97 Å². The first-order valence-electron chi connectivity index (χ1n) is 7.99. The summed E-state index contributed by atoms with van der Waals surface area (Å²) in [6.07, 6.45) is 8.51. The Morgan fingerprint density at radius 3 is 2.43 bits per heavy atom. The highest BCUT2D eigenvalue weighted by Crippen LogP contribution is 2.26. The van der Waals surface area contributed by atoms with E-state index in [0.29, 0.717) is 25.4 Å². The molecule has 1 fully saturated rings. The molecule has 0 spiro atoms. The fourth-order valence-electron chi connectivity index (χ4n) is 3.24. The molecule has 1 amide bonds. The van der Waals surface area contributed by atoms with Gasteiger partial charge in [0.25, 0.3) is 0 Å². The summed E-state index contributed by atoms with van der Waals surface area (Å²) in [6.45, 7) is 4.92. The maximum Gasteiger partial charge on any atom is 0.307 e. The van der Waals surface area contributed by atoms with Crippen LogP contribution in [0.1, 0.15) is 39.0 Å². The molecule has 1 aliphatic carbocycles. The van der Waals surface area contributed by atoms with Crippen molar-refractivity contribution < 1.29 is 14.7 Å². The lowest BCUT2D eigenvalue weighted by Crippen LogP contribution is -2.47. The molecule has 21 heavy (non-hydrogen) atoms. The van der Waals surface area contributed by atoms with Gasteiger partial charge in [0.2, 0.25) is 5.91 Å². The molecule has 0 radical (unpaired) electrons. The summed E-state index contributed by atoms with van der Waals surface area (Å²) in [6, 6.07) is 0.316. The average molecular weight is 294 g/mol. The Morgan fingerprint density at radius 1 is 1.19 bits per heavy atom. The number of hydrogen-bond donors (Lipinski definition) is 2. The molecule has 2 N–H and O–H groups in total. The first-order valence-corrected chi connectivity index (χ1v) is 7.99. The number of aliphatic carboxylic acids is 1. The Kier molecular flexibility index (Phi) is 5.79. The second-order valence-electron chi connectivity index (χ2n) is 6.18. The quantitative estimate of drug-likeness (QED) is 0.756. The zero-order valence-electron chi connectivity index (χ0n) is 12.8. The van der Waals surface area contributed by atoms with Gasteiger partial charge in [-0.2, -0.15) is 0 Å². The van der Waals surface area contributed by atoms with Crippen molar-refractivity contribution in [3.8, 4) is 0 Å². The van der Waals surface area contributed by atoms with Crippen LogP contribution in [0.25, 0.3) is 0 Å². The molecular weight excluding hydrogens is 268 g/mol. The molecule has 5 nitrogen and oxygen atoms in total. The van der Waals surface area contributed by atoms with Gasteiger partial charge in [0.15, 0.2) is 0 Å². The number of likely N-dealkylation sites (tertiary alicyclic amines) is 1. The lowest BCUT2D eigenvalue weighted by atomic mass is 9.82. The van der Waals surface area contributed by atoms with Crippen LogP contribution in [0.2, 0.25) is 0 Å². The minimum absolute atomic E-state index is 0.115. The molecule has 0 aromatic carbocycles. The molecule has 5 heteroatoms. The zero-order valence-corrected chi connectivity index (χ0v) is 12.8. The largest absolute Gasteiger partial charge is 0.481 e. The molecule has 0 aromatic heterocycles. The fourth-order valence-corrected chi connectivity index (χ4v) is 3.24. The van der Waals surface area contributed by atoms with E-state index in [1.54, 1.807) is 0 Å². The number of carbonyl (C=O) groups is 2. The van der Waals surface area contributed by atoms with Crippen molar-refractivity contribution in [2.24, 2.45) is 11.8 Å². The first-order chi connectivity index (χ1) is 10.1. The highest BCUT2D eigenvalue weighted by molar-refractivity contribution is 5.85. The third kappa shape index (κ3) is 4.30. The third-order valence-electron chi connectivity index (χ3n) is 4.67. The molecule has 3 atom stereocenters. The van der Waals surface area contributed by atoms with Crippen LogP contribution < -0.4 is 5.32 Å². The Bertz CT molecular complexity index is 402. The predicted octanol–water partition coefficient (Wildman–Crippen LogP) is 1.64. The summed E-state index contributed by atoms with van der Waals surface area (Å²) in [4.78, 5) is 25.9. The standard InChI is InChI=1S/C16H26N2O3/c1-12(18-9-5-2-6-10-18)11-17-15(19)13-7-3-4-8-14(13)16(20)21/h3-4,12-14H,2,5-11H2,1H3,(H,17,19)(H,20,21)/t12?,13-,14+/m1/s1. The number of hydrogen-bond acceptors (Lipinski definition) is 3. The number of carboxylic acids is 1. The van der Waals surface area contributed by atoms with Crippen LogP contribution in [0.15, 0.2) is 12.2 Å². The fraction of sp³-hybridized carbons (Fsp3) is 0.750. The summed E-state index contributed by atoms with van der Waals surface area (Å²) < 4.78 is 0. The van der Waals surface area contributed by atoms with E-state index in [1.807, 2.05) is 12.2 Å². The van der Waals surface area contributed by atoms with E-state index in [4.69, 9.17) is 0 Å². The molecule has 1 saturated heterocycles. The van der Waals surface area contributed by atoms with Crippen molar-refractivity contribution >= 4 is 11.9 Å². The number of allylic oxidation sites excluding steroid dienone is 2. The van der Waals surface area contributed by atoms with Crippen LogP contribution in [0, 0.1) is 11.8 Å². The SMILES string of the molecule is CC(CNC(=O)[C@@H]1CC=CC[C@@H]1C(=O)O)N1CCCCC1. The van der Waals surface area contributed by atoms with Crippen molar-refractivity contribution in [1.82, 2.24) is 10.2 Å². The van der Waals surface area contributed by atoms with Gasteiger partial charge in [0.05, 0.1) is 11.8 Å². The molecule has 1 aliphatic heterocycles. The van der Waals surface area contributed by atoms with Gasteiger partial charge in [-0.3, -0.25) is 14.5 Å². The van der Waals surface area contributed by atoms with Crippen LogP contribution >= 0.6 is 0 Å². The molecule has 118 valence electrons. The zero-order chi connectivity index (χ0) is 15.2. The maximum absolute atomic E-state index is 12.3. The van der Waals surface area contributed by atoms with Crippen LogP contribution in [0.4, 0.5) is 0 Å². The third-order valence-corrected chi connectivity index (χ3v) is 4.67. The van der Waals surface area contributed by atoms with Crippen molar-refractivity contribution in [1.29, 1.82) is 0 Å². The van der Waals surface area contributed by atoms with Crippen LogP contribution in [0.3, 0.4) is 0 Å². The lowest BCUT2D eigenvalue weighted by molar-refractivity contribution is -0.147. The number of nitrogens with one attached hydrogen (secondary N) is 1. The number of rotatable bonds is 5. The Morgan fingerprint density at radius 2 is 1.81 bits per heavy atom. The van der Waals surface area contributed by atoms with Gasteiger partial charge in [0, 0.05) is 12.6 Å². The summed E-state index contributed by atoms with van der Waals surface area (Å²) in [5, 5.41) is 12.2. The summed E-state index contributed by atoms with van der Waals surface area (Å²) in [7, 11) is 0. The summed E-state index contributed by atoms with van der Waals surface area (Å²) in [5.41, 5.74) is 0. The smallest absolute Gasteiger partial charge is 0.307 e. The van der Waals surface area contributed by atoms with E-state index in [0.717, 1.165) is 13.1 Å². The molecule has 2 aliphatic rings. The number of piperidine rings is 1. The van der Waals surface area contributed by atoms with Gasteiger partial charge in [-0.25, -0.2) is 0 Å². The van der Waals surface area contributed by atoms with Gasteiger partial charge in [-0.1, -0.05) is 18.6 Å². The number of carboxylic acid groups (broad SMARTS) is 1. The van der Waals surface area contributed by atoms with Crippen molar-refractivity contribution in [3.05, 3.63) is 12.2 Å². The van der Waals surface area contributed by atoms with Gasteiger partial charge in [0.1, 0.15) is 0 Å². The molecular formula is C16H26N2O3. The minimum Gasteiger partial charge on any atom is -0.481 e. The topological polar surface area (TPSA) is 69.6 Å². The molecule has 1 heterocycles. The van der Waals surface area contributed by atoms with E-state index in [2.05, 4.69) is 17.1 Å². The van der Waals surface area contributed by atoms with Crippen LogP contribution in [-0.2, 0) is 9.59 Å². The van der Waals surface area contributed by atoms with Crippen molar-refractivity contribution in [3.63, 3.8) is 0 Å². The van der Waals surface area contributed by atoms with E-state index in [9.17, 15) is 14.7 Å². The van der Waals surface area contributed by atoms with E-state index < -0.39 is 17.8 Å². The average Bonchev–Trinajstić information content (AvgIpc) is 2.53. The number of amides is 1. The van der Waals surface area contributed by atoms with Crippen LogP contribution in [-0.4, -0.2) is 47.6 Å². The molecule has 2 rings (SSSR count). The Hall–Kier alpha value is -1.36. The van der Waals surface area contributed by atoms with E-state index >= 15 is 0 Å². The van der Waals surface area contributed by atoms with Gasteiger partial charge in [-0.05, 0) is 45.7 Å². The number of carbonyl (C=O) groups excluding carboxylic acids is 1. The van der Waals surface area contributed by atoms with E-state index in [1.165, 1.54) is 19.3 Å². The minimum atomic E-state index is -0.872. The highest BCUT2D eigenvalue weighted by atomic mass is 16.4. The Balaban J connectivity index is 1.82. The molecule has 1 unspecified atom stereocenters. The van der Waals surface area contributed by atoms with Gasteiger partial charge < -0.3 is 10.4 Å². The second-order valence-corrected chi connectivity index (χ2v) is 6.18. The van der Waals surface area contributed by atoms with Gasteiger partial charge in [-0.15, -0.1) is 0 Å². The monoisotopic (exact) mass is 294 g/mol. The Labute approximate surface area is 126 Å². The highest BCUT2D eigenvalue weighted by Gasteiger charge is 2.34.